The van der Waals surface area contributed by atoms with E-state index in [9.17, 15) is 0 Å². The summed E-state index contributed by atoms with van der Waals surface area (Å²) in [5.74, 6) is 1.75. The summed E-state index contributed by atoms with van der Waals surface area (Å²) in [5, 5.41) is 8.80. The molecule has 0 aromatic carbocycles. The first-order valence-electron chi connectivity index (χ1n) is 3.51. The Bertz CT molecular complexity index is 180. The molecule has 0 radical (unpaired) electrons. The highest BCUT2D eigenvalue weighted by molar-refractivity contribution is 5.02. The largest absolute Gasteiger partial charge is 0.394 e. The van der Waals surface area contributed by atoms with Crippen molar-refractivity contribution in [3.8, 4) is 12.3 Å². The van der Waals surface area contributed by atoms with E-state index in [4.69, 9.17) is 21.0 Å². The summed E-state index contributed by atoms with van der Waals surface area (Å²) in [6.45, 7) is 3.44. The van der Waals surface area contributed by atoms with Crippen LogP contribution in [0.3, 0.4) is 0 Å². The first-order chi connectivity index (χ1) is 5.09. The molecule has 0 bridgehead atoms. The molecule has 11 heavy (non-hydrogen) atoms. The molecule has 0 spiro atoms. The Hall–Kier alpha value is -0.560. The average Bonchev–Trinajstić information content (AvgIpc) is 2.25. The second kappa shape index (κ2) is 2.82. The van der Waals surface area contributed by atoms with E-state index in [1.807, 2.05) is 0 Å². The molecule has 1 heterocycles. The number of terminal acetylenes is 1. The number of rotatable bonds is 1. The fraction of sp³-hybridized carbons (Fsp3) is 0.750. The van der Waals surface area contributed by atoms with Crippen LogP contribution >= 0.6 is 0 Å². The van der Waals surface area contributed by atoms with Crippen molar-refractivity contribution in [1.82, 2.24) is 0 Å². The van der Waals surface area contributed by atoms with Gasteiger partial charge in [-0.05, 0) is 13.8 Å². The molecule has 1 aliphatic heterocycles. The van der Waals surface area contributed by atoms with Crippen molar-refractivity contribution in [3.05, 3.63) is 0 Å². The van der Waals surface area contributed by atoms with Gasteiger partial charge in [-0.15, -0.1) is 6.42 Å². The van der Waals surface area contributed by atoms with Gasteiger partial charge >= 0.3 is 0 Å². The lowest BCUT2D eigenvalue weighted by atomic mass is 10.2. The van der Waals surface area contributed by atoms with Crippen LogP contribution < -0.4 is 0 Å². The number of aliphatic hydroxyl groups excluding tert-OH is 1. The summed E-state index contributed by atoms with van der Waals surface area (Å²) in [4.78, 5) is 0. The molecular formula is C8H12O3. The van der Waals surface area contributed by atoms with Crippen molar-refractivity contribution in [2.45, 2.75) is 31.8 Å². The summed E-state index contributed by atoms with van der Waals surface area (Å²) in [5.41, 5.74) is 0. The fourth-order valence-electron chi connectivity index (χ4n) is 1.11. The smallest absolute Gasteiger partial charge is 0.165 e. The maximum atomic E-state index is 8.80. The molecule has 0 saturated carbocycles. The van der Waals surface area contributed by atoms with Crippen LogP contribution in [0.4, 0.5) is 0 Å². The molecule has 1 saturated heterocycles. The van der Waals surface area contributed by atoms with Crippen molar-refractivity contribution in [1.29, 1.82) is 0 Å². The van der Waals surface area contributed by atoms with Gasteiger partial charge in [0.25, 0.3) is 0 Å². The molecule has 1 rings (SSSR count). The maximum Gasteiger partial charge on any atom is 0.165 e. The summed E-state index contributed by atoms with van der Waals surface area (Å²) in [6, 6.07) is 0. The van der Waals surface area contributed by atoms with E-state index in [1.54, 1.807) is 13.8 Å². The number of hydrogen-bond donors (Lipinski definition) is 1. The minimum Gasteiger partial charge on any atom is -0.394 e. The molecule has 3 nitrogen and oxygen atoms in total. The second-order valence-corrected chi connectivity index (χ2v) is 2.94. The molecule has 1 N–H and O–H groups in total. The first kappa shape index (κ1) is 8.54. The van der Waals surface area contributed by atoms with E-state index in [-0.39, 0.29) is 12.7 Å². The van der Waals surface area contributed by atoms with Crippen LogP contribution in [-0.4, -0.2) is 29.7 Å². The summed E-state index contributed by atoms with van der Waals surface area (Å²) >= 11 is 0. The minimum atomic E-state index is -0.662. The lowest BCUT2D eigenvalue weighted by molar-refractivity contribution is -0.145. The highest BCUT2D eigenvalue weighted by atomic mass is 16.8. The van der Waals surface area contributed by atoms with Gasteiger partial charge in [-0.1, -0.05) is 5.92 Å². The van der Waals surface area contributed by atoms with Gasteiger partial charge in [-0.25, -0.2) is 0 Å². The van der Waals surface area contributed by atoms with Crippen LogP contribution in [-0.2, 0) is 9.47 Å². The molecule has 0 aromatic heterocycles. The fourth-order valence-corrected chi connectivity index (χ4v) is 1.11. The van der Waals surface area contributed by atoms with Crippen molar-refractivity contribution in [2.75, 3.05) is 6.61 Å². The van der Waals surface area contributed by atoms with Crippen molar-refractivity contribution >= 4 is 0 Å². The molecular weight excluding hydrogens is 144 g/mol. The van der Waals surface area contributed by atoms with E-state index < -0.39 is 11.9 Å². The molecule has 0 aromatic rings. The first-order valence-corrected chi connectivity index (χ1v) is 3.51. The number of hydrogen-bond acceptors (Lipinski definition) is 3. The van der Waals surface area contributed by atoms with Crippen LogP contribution in [0.25, 0.3) is 0 Å². The van der Waals surface area contributed by atoms with Gasteiger partial charge in [0.1, 0.15) is 12.2 Å². The highest BCUT2D eigenvalue weighted by Crippen LogP contribution is 2.27. The predicted molar refractivity (Wildman–Crippen MR) is 39.7 cm³/mol. The predicted octanol–water partition coefficient (Wildman–Crippen LogP) is 0.132. The van der Waals surface area contributed by atoms with E-state index in [1.165, 1.54) is 0 Å². The topological polar surface area (TPSA) is 38.7 Å². The second-order valence-electron chi connectivity index (χ2n) is 2.94. The lowest BCUT2D eigenvalue weighted by Gasteiger charge is -2.15. The van der Waals surface area contributed by atoms with Crippen LogP contribution in [0, 0.1) is 12.3 Å². The van der Waals surface area contributed by atoms with Gasteiger partial charge in [0.05, 0.1) is 6.61 Å². The third-order valence-corrected chi connectivity index (χ3v) is 1.53. The molecule has 3 heteroatoms. The van der Waals surface area contributed by atoms with Gasteiger partial charge < -0.3 is 14.6 Å². The molecule has 0 amide bonds. The minimum absolute atomic E-state index is 0.0989. The van der Waals surface area contributed by atoms with Crippen molar-refractivity contribution in [2.24, 2.45) is 0 Å². The van der Waals surface area contributed by atoms with E-state index in [2.05, 4.69) is 5.92 Å². The number of ether oxygens (including phenoxy) is 2. The Morgan fingerprint density at radius 2 is 2.18 bits per heavy atom. The molecule has 2 atom stereocenters. The Kier molecular flexibility index (Phi) is 2.19. The number of aliphatic hydroxyl groups is 1. The Morgan fingerprint density at radius 3 is 2.55 bits per heavy atom. The Balaban J connectivity index is 2.64. The summed E-state index contributed by atoms with van der Waals surface area (Å²) < 4.78 is 10.6. The quantitative estimate of drug-likeness (QED) is 0.548. The third-order valence-electron chi connectivity index (χ3n) is 1.53. The van der Waals surface area contributed by atoms with Crippen LogP contribution in [0.5, 0.6) is 0 Å². The van der Waals surface area contributed by atoms with Gasteiger partial charge in [-0.3, -0.25) is 0 Å². The standard InChI is InChI=1S/C8H12O3/c1-4-6-7(5-9)11-8(2,3)10-6/h1,6-7,9H,5H2,2-3H3/t6-,7-/m0/s1. The third kappa shape index (κ3) is 1.72. The monoisotopic (exact) mass is 156 g/mol. The van der Waals surface area contributed by atoms with E-state index >= 15 is 0 Å². The molecule has 62 valence electrons. The zero-order valence-corrected chi connectivity index (χ0v) is 6.70. The SMILES string of the molecule is C#C[C@@H]1OC(C)(C)O[C@H]1CO. The molecule has 1 aliphatic rings. The normalized spacial score (nSPS) is 35.1. The van der Waals surface area contributed by atoms with E-state index in [0.29, 0.717) is 0 Å². The lowest BCUT2D eigenvalue weighted by Crippen LogP contribution is -2.24. The Morgan fingerprint density at radius 1 is 1.55 bits per heavy atom. The van der Waals surface area contributed by atoms with Gasteiger partial charge in [0.2, 0.25) is 0 Å². The molecule has 0 aliphatic carbocycles. The van der Waals surface area contributed by atoms with Gasteiger partial charge in [0, 0.05) is 0 Å². The van der Waals surface area contributed by atoms with Crippen LogP contribution in [0.2, 0.25) is 0 Å². The zero-order valence-electron chi connectivity index (χ0n) is 6.70. The van der Waals surface area contributed by atoms with Crippen molar-refractivity contribution in [3.63, 3.8) is 0 Å². The summed E-state index contributed by atoms with van der Waals surface area (Å²) in [7, 11) is 0. The maximum absolute atomic E-state index is 8.80. The Labute approximate surface area is 66.3 Å². The van der Waals surface area contributed by atoms with Gasteiger partial charge in [-0.2, -0.15) is 0 Å². The van der Waals surface area contributed by atoms with Crippen LogP contribution in [0.15, 0.2) is 0 Å². The molecule has 1 fully saturated rings. The highest BCUT2D eigenvalue weighted by Gasteiger charge is 2.39. The van der Waals surface area contributed by atoms with E-state index in [0.717, 1.165) is 0 Å². The zero-order chi connectivity index (χ0) is 8.48. The average molecular weight is 156 g/mol. The van der Waals surface area contributed by atoms with Crippen molar-refractivity contribution < 1.29 is 14.6 Å². The van der Waals surface area contributed by atoms with Gasteiger partial charge in [0.15, 0.2) is 5.79 Å². The summed E-state index contributed by atoms with van der Waals surface area (Å²) in [6.07, 6.45) is 4.35. The molecule has 0 unspecified atom stereocenters. The van der Waals surface area contributed by atoms with Crippen LogP contribution in [0.1, 0.15) is 13.8 Å².